The summed E-state index contributed by atoms with van der Waals surface area (Å²) < 4.78 is 0. The smallest absolute Gasteiger partial charge is 0.227 e. The van der Waals surface area contributed by atoms with E-state index in [9.17, 15) is 9.90 Å². The summed E-state index contributed by atoms with van der Waals surface area (Å²) >= 11 is 0. The average molecular weight is 235 g/mol. The van der Waals surface area contributed by atoms with Crippen LogP contribution in [0.5, 0.6) is 0 Å². The minimum atomic E-state index is -0.302. The summed E-state index contributed by atoms with van der Waals surface area (Å²) in [5.74, 6) is 0.777. The van der Waals surface area contributed by atoms with Crippen LogP contribution in [0.25, 0.3) is 0 Å². The SMILES string of the molecule is C[C@@H]1CNC[C@H]1C(=O)N1CC[C@@H](O)C1.Cl. The van der Waals surface area contributed by atoms with Crippen molar-refractivity contribution in [3.63, 3.8) is 0 Å². The number of carbonyl (C=O) groups is 1. The Hall–Kier alpha value is -0.320. The number of amides is 1. The molecule has 5 heteroatoms. The number of nitrogens with zero attached hydrogens (tertiary/aromatic N) is 1. The van der Waals surface area contributed by atoms with E-state index in [1.54, 1.807) is 4.90 Å². The Kier molecular flexibility index (Phi) is 4.37. The van der Waals surface area contributed by atoms with Crippen molar-refractivity contribution in [2.24, 2.45) is 11.8 Å². The van der Waals surface area contributed by atoms with Crippen LogP contribution in [-0.4, -0.2) is 48.2 Å². The summed E-state index contributed by atoms with van der Waals surface area (Å²) in [5, 5.41) is 12.6. The van der Waals surface area contributed by atoms with E-state index in [1.165, 1.54) is 0 Å². The van der Waals surface area contributed by atoms with Crippen LogP contribution >= 0.6 is 12.4 Å². The van der Waals surface area contributed by atoms with Crippen LogP contribution in [0.2, 0.25) is 0 Å². The van der Waals surface area contributed by atoms with Crippen molar-refractivity contribution in [1.82, 2.24) is 10.2 Å². The summed E-state index contributed by atoms with van der Waals surface area (Å²) in [6.07, 6.45) is 0.434. The zero-order chi connectivity index (χ0) is 10.1. The summed E-state index contributed by atoms with van der Waals surface area (Å²) in [6, 6.07) is 0. The fourth-order valence-corrected chi connectivity index (χ4v) is 2.32. The van der Waals surface area contributed by atoms with E-state index in [1.807, 2.05) is 0 Å². The van der Waals surface area contributed by atoms with E-state index in [-0.39, 0.29) is 30.3 Å². The minimum absolute atomic E-state index is 0. The Morgan fingerprint density at radius 1 is 1.47 bits per heavy atom. The van der Waals surface area contributed by atoms with Gasteiger partial charge in [-0.2, -0.15) is 0 Å². The second-order valence-corrected chi connectivity index (χ2v) is 4.47. The van der Waals surface area contributed by atoms with Crippen molar-refractivity contribution in [2.75, 3.05) is 26.2 Å². The molecule has 0 bridgehead atoms. The number of β-amino-alcohol motifs (C(OH)–C–C–N with tert-alkyl or cyclic N) is 1. The molecule has 2 aliphatic rings. The Morgan fingerprint density at radius 3 is 2.67 bits per heavy atom. The molecule has 3 atom stereocenters. The Balaban J connectivity index is 0.00000112. The van der Waals surface area contributed by atoms with Crippen molar-refractivity contribution in [2.45, 2.75) is 19.4 Å². The number of aliphatic hydroxyl groups is 1. The number of hydrogen-bond acceptors (Lipinski definition) is 3. The maximum Gasteiger partial charge on any atom is 0.227 e. The number of nitrogens with one attached hydrogen (secondary N) is 1. The molecular weight excluding hydrogens is 216 g/mol. The molecule has 15 heavy (non-hydrogen) atoms. The quantitative estimate of drug-likeness (QED) is 0.664. The van der Waals surface area contributed by atoms with Crippen LogP contribution < -0.4 is 5.32 Å². The molecule has 4 nitrogen and oxygen atoms in total. The van der Waals surface area contributed by atoms with Gasteiger partial charge in [-0.1, -0.05) is 6.92 Å². The van der Waals surface area contributed by atoms with Crippen LogP contribution in [0, 0.1) is 11.8 Å². The molecule has 2 heterocycles. The van der Waals surface area contributed by atoms with Gasteiger partial charge in [0.1, 0.15) is 0 Å². The second-order valence-electron chi connectivity index (χ2n) is 4.47. The van der Waals surface area contributed by atoms with Gasteiger partial charge in [0.25, 0.3) is 0 Å². The van der Waals surface area contributed by atoms with Gasteiger partial charge in [-0.15, -0.1) is 12.4 Å². The first-order valence-corrected chi connectivity index (χ1v) is 5.36. The first kappa shape index (κ1) is 12.7. The first-order valence-electron chi connectivity index (χ1n) is 5.36. The highest BCUT2D eigenvalue weighted by Gasteiger charge is 2.35. The lowest BCUT2D eigenvalue weighted by Crippen LogP contribution is -2.37. The van der Waals surface area contributed by atoms with Gasteiger partial charge in [-0.25, -0.2) is 0 Å². The highest BCUT2D eigenvalue weighted by atomic mass is 35.5. The van der Waals surface area contributed by atoms with Crippen molar-refractivity contribution in [3.8, 4) is 0 Å². The lowest BCUT2D eigenvalue weighted by molar-refractivity contribution is -0.135. The second kappa shape index (κ2) is 5.14. The largest absolute Gasteiger partial charge is 0.391 e. The van der Waals surface area contributed by atoms with Gasteiger partial charge in [0.2, 0.25) is 5.91 Å². The molecule has 0 aromatic rings. The Bertz CT molecular complexity index is 237. The summed E-state index contributed by atoms with van der Waals surface area (Å²) in [5.41, 5.74) is 0. The fourth-order valence-electron chi connectivity index (χ4n) is 2.32. The summed E-state index contributed by atoms with van der Waals surface area (Å²) in [4.78, 5) is 13.8. The van der Waals surface area contributed by atoms with Gasteiger partial charge in [0.05, 0.1) is 12.0 Å². The molecular formula is C10H19ClN2O2. The normalized spacial score (nSPS) is 35.3. The lowest BCUT2D eigenvalue weighted by atomic mass is 9.97. The molecule has 2 saturated heterocycles. The van der Waals surface area contributed by atoms with Crippen LogP contribution in [0.1, 0.15) is 13.3 Å². The van der Waals surface area contributed by atoms with Gasteiger partial charge in [0.15, 0.2) is 0 Å². The zero-order valence-corrected chi connectivity index (χ0v) is 9.80. The molecule has 0 unspecified atom stereocenters. The topological polar surface area (TPSA) is 52.6 Å². The maximum atomic E-state index is 12.0. The molecule has 88 valence electrons. The van der Waals surface area contributed by atoms with Gasteiger partial charge in [-0.3, -0.25) is 4.79 Å². The maximum absolute atomic E-state index is 12.0. The molecule has 0 saturated carbocycles. The molecule has 0 aromatic heterocycles. The number of likely N-dealkylation sites (tertiary alicyclic amines) is 1. The van der Waals surface area contributed by atoms with E-state index >= 15 is 0 Å². The summed E-state index contributed by atoms with van der Waals surface area (Å²) in [7, 11) is 0. The van der Waals surface area contributed by atoms with Gasteiger partial charge < -0.3 is 15.3 Å². The van der Waals surface area contributed by atoms with Crippen molar-refractivity contribution < 1.29 is 9.90 Å². The molecule has 0 aromatic carbocycles. The average Bonchev–Trinajstić information content (AvgIpc) is 2.73. The molecule has 2 aliphatic heterocycles. The van der Waals surface area contributed by atoms with E-state index in [0.29, 0.717) is 12.5 Å². The highest BCUT2D eigenvalue weighted by Crippen LogP contribution is 2.21. The molecule has 2 fully saturated rings. The highest BCUT2D eigenvalue weighted by molar-refractivity contribution is 5.85. The molecule has 1 amide bonds. The molecule has 0 radical (unpaired) electrons. The van der Waals surface area contributed by atoms with Crippen LogP contribution in [-0.2, 0) is 4.79 Å². The number of halogens is 1. The number of carbonyl (C=O) groups excluding carboxylic acids is 1. The summed E-state index contributed by atoms with van der Waals surface area (Å²) in [6.45, 7) is 5.10. The van der Waals surface area contributed by atoms with E-state index < -0.39 is 0 Å². The number of aliphatic hydroxyl groups excluding tert-OH is 1. The number of rotatable bonds is 1. The fraction of sp³-hybridized carbons (Fsp3) is 0.900. The van der Waals surface area contributed by atoms with Crippen molar-refractivity contribution in [3.05, 3.63) is 0 Å². The molecule has 2 N–H and O–H groups in total. The number of hydrogen-bond donors (Lipinski definition) is 2. The Labute approximate surface area is 96.4 Å². The van der Waals surface area contributed by atoms with E-state index in [0.717, 1.165) is 26.1 Å². The lowest BCUT2D eigenvalue weighted by Gasteiger charge is -2.21. The van der Waals surface area contributed by atoms with Crippen molar-refractivity contribution >= 4 is 18.3 Å². The van der Waals surface area contributed by atoms with E-state index in [4.69, 9.17) is 0 Å². The third kappa shape index (κ3) is 2.62. The van der Waals surface area contributed by atoms with E-state index in [2.05, 4.69) is 12.2 Å². The zero-order valence-electron chi connectivity index (χ0n) is 8.98. The third-order valence-corrected chi connectivity index (χ3v) is 3.31. The third-order valence-electron chi connectivity index (χ3n) is 3.31. The standard InChI is InChI=1S/C10H18N2O2.ClH/c1-7-4-11-5-9(7)10(14)12-3-2-8(13)6-12;/h7-9,11,13H,2-6H2,1H3;1H/t7-,8-,9-;/m1./s1. The van der Waals surface area contributed by atoms with Crippen molar-refractivity contribution in [1.29, 1.82) is 0 Å². The first-order chi connectivity index (χ1) is 6.68. The van der Waals surface area contributed by atoms with Crippen LogP contribution in [0.4, 0.5) is 0 Å². The van der Waals surface area contributed by atoms with Crippen LogP contribution in [0.3, 0.4) is 0 Å². The predicted molar refractivity (Wildman–Crippen MR) is 60.0 cm³/mol. The van der Waals surface area contributed by atoms with Gasteiger partial charge in [-0.05, 0) is 18.9 Å². The van der Waals surface area contributed by atoms with Gasteiger partial charge in [0, 0.05) is 19.6 Å². The monoisotopic (exact) mass is 234 g/mol. The van der Waals surface area contributed by atoms with Crippen LogP contribution in [0.15, 0.2) is 0 Å². The minimum Gasteiger partial charge on any atom is -0.391 e. The molecule has 2 rings (SSSR count). The van der Waals surface area contributed by atoms with Gasteiger partial charge >= 0.3 is 0 Å². The predicted octanol–water partition coefficient (Wildman–Crippen LogP) is -0.143. The molecule has 0 spiro atoms. The molecule has 0 aliphatic carbocycles. The Morgan fingerprint density at radius 2 is 2.20 bits per heavy atom.